The highest BCUT2D eigenvalue weighted by Crippen LogP contribution is 2.24. The van der Waals surface area contributed by atoms with E-state index >= 15 is 0 Å². The molecule has 7 heteroatoms. The Morgan fingerprint density at radius 2 is 1.86 bits per heavy atom. The summed E-state index contributed by atoms with van der Waals surface area (Å²) < 4.78 is 1.67. The van der Waals surface area contributed by atoms with E-state index in [1.54, 1.807) is 17.1 Å². The van der Waals surface area contributed by atoms with Gasteiger partial charge in [-0.15, -0.1) is 0 Å². The standard InChI is InChI=1S/C22H25N5O2/c28-21(24-16-19-7-8-20(23-15-19)27-12-4-11-25-27)22(29)9-13-26(14-10-22)17-18-5-2-1-3-6-18/h1-8,11-12,15,29H,9-10,13-14,16-17H2,(H,24,28). The van der Waals surface area contributed by atoms with Crippen LogP contribution < -0.4 is 5.32 Å². The van der Waals surface area contributed by atoms with Crippen molar-refractivity contribution in [3.63, 3.8) is 0 Å². The Hall–Kier alpha value is -3.03. The van der Waals surface area contributed by atoms with E-state index in [0.717, 1.165) is 17.9 Å². The third-order valence-corrected chi connectivity index (χ3v) is 5.36. The zero-order valence-electron chi connectivity index (χ0n) is 16.2. The molecule has 0 radical (unpaired) electrons. The summed E-state index contributed by atoms with van der Waals surface area (Å²) in [4.78, 5) is 19.2. The number of carbonyl (C=O) groups excluding carboxylic acids is 1. The van der Waals surface area contributed by atoms with Crippen LogP contribution in [0.25, 0.3) is 5.82 Å². The zero-order chi connectivity index (χ0) is 20.1. The first-order chi connectivity index (χ1) is 14.1. The van der Waals surface area contributed by atoms with Gasteiger partial charge in [-0.05, 0) is 36.1 Å². The number of rotatable bonds is 6. The predicted molar refractivity (Wildman–Crippen MR) is 109 cm³/mol. The Balaban J connectivity index is 1.27. The van der Waals surface area contributed by atoms with E-state index < -0.39 is 5.60 Å². The molecule has 1 saturated heterocycles. The van der Waals surface area contributed by atoms with Crippen molar-refractivity contribution in [1.82, 2.24) is 25.0 Å². The highest BCUT2D eigenvalue weighted by atomic mass is 16.3. The number of hydrogen-bond donors (Lipinski definition) is 2. The number of amides is 1. The molecule has 29 heavy (non-hydrogen) atoms. The molecule has 0 unspecified atom stereocenters. The van der Waals surface area contributed by atoms with Gasteiger partial charge in [-0.2, -0.15) is 5.10 Å². The molecular weight excluding hydrogens is 366 g/mol. The Bertz CT molecular complexity index is 918. The van der Waals surface area contributed by atoms with Gasteiger partial charge in [-0.3, -0.25) is 9.69 Å². The van der Waals surface area contributed by atoms with E-state index in [1.165, 1.54) is 5.56 Å². The number of likely N-dealkylation sites (tertiary alicyclic amines) is 1. The van der Waals surface area contributed by atoms with Gasteiger partial charge in [0.05, 0.1) is 0 Å². The zero-order valence-corrected chi connectivity index (χ0v) is 16.2. The minimum Gasteiger partial charge on any atom is -0.380 e. The molecule has 3 heterocycles. The number of piperidine rings is 1. The lowest BCUT2D eigenvalue weighted by molar-refractivity contribution is -0.145. The molecule has 0 saturated carbocycles. The molecular formula is C22H25N5O2. The maximum atomic E-state index is 12.6. The van der Waals surface area contributed by atoms with Gasteiger partial charge in [0, 0.05) is 44.8 Å². The van der Waals surface area contributed by atoms with Crippen molar-refractivity contribution in [2.75, 3.05) is 13.1 Å². The fourth-order valence-corrected chi connectivity index (χ4v) is 3.56. The average molecular weight is 391 g/mol. The Kier molecular flexibility index (Phi) is 5.69. The van der Waals surface area contributed by atoms with Gasteiger partial charge in [0.15, 0.2) is 5.82 Å². The molecule has 1 aromatic carbocycles. The summed E-state index contributed by atoms with van der Waals surface area (Å²) in [7, 11) is 0. The van der Waals surface area contributed by atoms with Crippen molar-refractivity contribution < 1.29 is 9.90 Å². The number of pyridine rings is 1. The van der Waals surface area contributed by atoms with Crippen molar-refractivity contribution in [2.24, 2.45) is 0 Å². The van der Waals surface area contributed by atoms with Crippen LogP contribution in [-0.2, 0) is 17.9 Å². The second kappa shape index (κ2) is 8.55. The first-order valence-electron chi connectivity index (χ1n) is 9.84. The number of aromatic nitrogens is 3. The number of nitrogens with one attached hydrogen (secondary N) is 1. The fourth-order valence-electron chi connectivity index (χ4n) is 3.56. The normalized spacial score (nSPS) is 16.4. The van der Waals surface area contributed by atoms with E-state index in [2.05, 4.69) is 32.4 Å². The quantitative estimate of drug-likeness (QED) is 0.671. The highest BCUT2D eigenvalue weighted by Gasteiger charge is 2.39. The van der Waals surface area contributed by atoms with Gasteiger partial charge in [0.2, 0.25) is 0 Å². The monoisotopic (exact) mass is 391 g/mol. The molecule has 1 fully saturated rings. The Morgan fingerprint density at radius 1 is 1.07 bits per heavy atom. The van der Waals surface area contributed by atoms with Crippen molar-refractivity contribution in [1.29, 1.82) is 0 Å². The molecule has 4 rings (SSSR count). The van der Waals surface area contributed by atoms with Gasteiger partial charge in [0.1, 0.15) is 5.60 Å². The maximum absolute atomic E-state index is 12.6. The lowest BCUT2D eigenvalue weighted by Crippen LogP contribution is -2.53. The van der Waals surface area contributed by atoms with Gasteiger partial charge in [0.25, 0.3) is 5.91 Å². The number of benzene rings is 1. The van der Waals surface area contributed by atoms with Crippen LogP contribution in [0.3, 0.4) is 0 Å². The van der Waals surface area contributed by atoms with E-state index in [-0.39, 0.29) is 5.91 Å². The first kappa shape index (κ1) is 19.3. The second-order valence-electron chi connectivity index (χ2n) is 7.45. The third kappa shape index (κ3) is 4.70. The summed E-state index contributed by atoms with van der Waals surface area (Å²) in [5, 5.41) is 17.8. The van der Waals surface area contributed by atoms with Gasteiger partial charge in [-0.1, -0.05) is 36.4 Å². The van der Waals surface area contributed by atoms with Crippen LogP contribution in [0.4, 0.5) is 0 Å². The lowest BCUT2D eigenvalue weighted by atomic mass is 9.90. The second-order valence-corrected chi connectivity index (χ2v) is 7.45. The smallest absolute Gasteiger partial charge is 0.252 e. The molecule has 0 aliphatic carbocycles. The number of nitrogens with zero attached hydrogens (tertiary/aromatic N) is 4. The summed E-state index contributed by atoms with van der Waals surface area (Å²) in [6.45, 7) is 2.56. The van der Waals surface area contributed by atoms with Gasteiger partial charge < -0.3 is 10.4 Å². The van der Waals surface area contributed by atoms with Crippen molar-refractivity contribution in [3.8, 4) is 5.82 Å². The van der Waals surface area contributed by atoms with Gasteiger partial charge in [-0.25, -0.2) is 9.67 Å². The van der Waals surface area contributed by atoms with Crippen molar-refractivity contribution >= 4 is 5.91 Å². The van der Waals surface area contributed by atoms with Crippen molar-refractivity contribution in [3.05, 3.63) is 78.2 Å². The van der Waals surface area contributed by atoms with Crippen LogP contribution >= 0.6 is 0 Å². The van der Waals surface area contributed by atoms with Crippen LogP contribution in [0.5, 0.6) is 0 Å². The summed E-state index contributed by atoms with van der Waals surface area (Å²) in [6.07, 6.45) is 6.10. The van der Waals surface area contributed by atoms with Crippen LogP contribution in [0.2, 0.25) is 0 Å². The minimum absolute atomic E-state index is 0.312. The topological polar surface area (TPSA) is 83.3 Å². The Labute approximate surface area is 170 Å². The lowest BCUT2D eigenvalue weighted by Gasteiger charge is -2.37. The van der Waals surface area contributed by atoms with Crippen molar-refractivity contribution in [2.45, 2.75) is 31.5 Å². The summed E-state index contributed by atoms with van der Waals surface area (Å²) in [6, 6.07) is 15.8. The van der Waals surface area contributed by atoms with Crippen LogP contribution in [0.15, 0.2) is 67.1 Å². The van der Waals surface area contributed by atoms with E-state index in [0.29, 0.717) is 32.5 Å². The number of carbonyl (C=O) groups is 1. The van der Waals surface area contributed by atoms with E-state index in [1.807, 2.05) is 42.6 Å². The third-order valence-electron chi connectivity index (χ3n) is 5.36. The van der Waals surface area contributed by atoms with Crippen LogP contribution in [-0.4, -0.2) is 49.4 Å². The highest BCUT2D eigenvalue weighted by molar-refractivity contribution is 5.85. The molecule has 1 aliphatic heterocycles. The molecule has 1 amide bonds. The molecule has 0 atom stereocenters. The SMILES string of the molecule is O=C(NCc1ccc(-n2cccn2)nc1)C1(O)CCN(Cc2ccccc2)CC1. The minimum atomic E-state index is -1.31. The molecule has 0 bridgehead atoms. The summed E-state index contributed by atoms with van der Waals surface area (Å²) >= 11 is 0. The average Bonchev–Trinajstić information content (AvgIpc) is 3.30. The number of aliphatic hydroxyl groups is 1. The maximum Gasteiger partial charge on any atom is 0.252 e. The Morgan fingerprint density at radius 3 is 2.52 bits per heavy atom. The molecule has 2 N–H and O–H groups in total. The van der Waals surface area contributed by atoms with Crippen LogP contribution in [0.1, 0.15) is 24.0 Å². The summed E-state index contributed by atoms with van der Waals surface area (Å²) in [5.74, 6) is 0.405. The molecule has 1 aliphatic rings. The molecule has 3 aromatic rings. The molecule has 150 valence electrons. The van der Waals surface area contributed by atoms with E-state index in [4.69, 9.17) is 0 Å². The van der Waals surface area contributed by atoms with E-state index in [9.17, 15) is 9.90 Å². The van der Waals surface area contributed by atoms with Crippen LogP contribution in [0, 0.1) is 0 Å². The fraction of sp³-hybridized carbons (Fsp3) is 0.318. The van der Waals surface area contributed by atoms with Gasteiger partial charge >= 0.3 is 0 Å². The predicted octanol–water partition coefficient (Wildman–Crippen LogP) is 1.91. The molecule has 0 spiro atoms. The largest absolute Gasteiger partial charge is 0.380 e. The first-order valence-corrected chi connectivity index (χ1v) is 9.84. The summed E-state index contributed by atoms with van der Waals surface area (Å²) in [5.41, 5.74) is 0.808. The number of hydrogen-bond acceptors (Lipinski definition) is 5. The molecule has 2 aromatic heterocycles. The molecule has 7 nitrogen and oxygen atoms in total.